The minimum Gasteiger partial charge on any atom is -0.383 e. The molecule has 0 saturated heterocycles. The molecule has 0 bridgehead atoms. The first-order chi connectivity index (χ1) is 16.8. The molecule has 1 aliphatic rings. The maximum Gasteiger partial charge on any atom is 0.165 e. The topological polar surface area (TPSA) is 89.6 Å². The minimum atomic E-state index is 0.415. The average Bonchev–Trinajstić information content (AvgIpc) is 3.73. The van der Waals surface area contributed by atoms with Gasteiger partial charge in [-0.25, -0.2) is 19.9 Å². The van der Waals surface area contributed by atoms with Crippen molar-refractivity contribution >= 4 is 22.7 Å². The van der Waals surface area contributed by atoms with Gasteiger partial charge in [-0.05, 0) is 42.0 Å². The highest BCUT2D eigenvalue weighted by Gasteiger charge is 2.23. The Kier molecular flexibility index (Phi) is 5.11. The van der Waals surface area contributed by atoms with E-state index in [-0.39, 0.29) is 0 Å². The Labute approximate surface area is 198 Å². The van der Waals surface area contributed by atoms with Crippen LogP contribution in [-0.2, 0) is 0 Å². The van der Waals surface area contributed by atoms with Crippen LogP contribution in [0.2, 0.25) is 0 Å². The van der Waals surface area contributed by atoms with Crippen molar-refractivity contribution in [2.45, 2.75) is 12.8 Å². The van der Waals surface area contributed by atoms with E-state index < -0.39 is 0 Å². The van der Waals surface area contributed by atoms with Crippen LogP contribution in [0.25, 0.3) is 44.5 Å². The van der Waals surface area contributed by atoms with Crippen LogP contribution in [0, 0.1) is 5.92 Å². The van der Waals surface area contributed by atoms with Gasteiger partial charge in [0.15, 0.2) is 5.65 Å². The highest BCUT2D eigenvalue weighted by molar-refractivity contribution is 6.09. The molecule has 3 heterocycles. The monoisotopic (exact) mass is 444 g/mol. The molecule has 0 amide bonds. The molecule has 0 atom stereocenters. The van der Waals surface area contributed by atoms with Gasteiger partial charge in [-0.3, -0.25) is 0 Å². The number of nitrogens with one attached hydrogen (secondary N) is 1. The quantitative estimate of drug-likeness (QED) is 0.343. The van der Waals surface area contributed by atoms with Gasteiger partial charge in [-0.1, -0.05) is 60.7 Å². The van der Waals surface area contributed by atoms with Crippen LogP contribution >= 0.6 is 0 Å². The van der Waals surface area contributed by atoms with Crippen LogP contribution < -0.4 is 11.1 Å². The van der Waals surface area contributed by atoms with Crippen LogP contribution in [0.1, 0.15) is 12.8 Å². The van der Waals surface area contributed by atoms with Gasteiger partial charge in [0.1, 0.15) is 18.0 Å². The highest BCUT2D eigenvalue weighted by Crippen LogP contribution is 2.43. The predicted molar refractivity (Wildman–Crippen MR) is 137 cm³/mol. The molecular weight excluding hydrogens is 420 g/mol. The van der Waals surface area contributed by atoms with Gasteiger partial charge in [0.05, 0.1) is 11.1 Å². The zero-order chi connectivity index (χ0) is 22.9. The van der Waals surface area contributed by atoms with Gasteiger partial charge >= 0.3 is 0 Å². The van der Waals surface area contributed by atoms with Gasteiger partial charge in [0.25, 0.3) is 0 Å². The van der Waals surface area contributed by atoms with E-state index in [9.17, 15) is 0 Å². The van der Waals surface area contributed by atoms with Crippen molar-refractivity contribution < 1.29 is 0 Å². The van der Waals surface area contributed by atoms with Gasteiger partial charge in [-0.15, -0.1) is 0 Å². The van der Waals surface area contributed by atoms with Crippen LogP contribution in [0.3, 0.4) is 0 Å². The molecule has 6 rings (SSSR count). The number of rotatable bonds is 6. The molecule has 0 radical (unpaired) electrons. The smallest absolute Gasteiger partial charge is 0.165 e. The maximum absolute atomic E-state index is 6.40. The molecule has 1 aliphatic carbocycles. The van der Waals surface area contributed by atoms with Crippen molar-refractivity contribution in [2.75, 3.05) is 17.6 Å². The number of pyridine rings is 2. The number of anilines is 2. The van der Waals surface area contributed by atoms with E-state index in [1.165, 1.54) is 19.2 Å². The summed E-state index contributed by atoms with van der Waals surface area (Å²) in [5.41, 5.74) is 12.7. The van der Waals surface area contributed by atoms with E-state index in [1.54, 1.807) is 0 Å². The van der Waals surface area contributed by atoms with Gasteiger partial charge in [-0.2, -0.15) is 0 Å². The van der Waals surface area contributed by atoms with E-state index >= 15 is 0 Å². The Hall–Kier alpha value is -4.32. The third-order valence-corrected chi connectivity index (χ3v) is 6.24. The van der Waals surface area contributed by atoms with Crippen molar-refractivity contribution in [3.05, 3.63) is 85.3 Å². The first-order valence-electron chi connectivity index (χ1n) is 11.5. The molecule has 166 valence electrons. The SMILES string of the molecule is Nc1ncnc2nc(-c3ccc(NCC4CC4)nc3)c(-c3ccccc3)c(-c3ccccc3)c12. The van der Waals surface area contributed by atoms with E-state index in [1.807, 2.05) is 48.7 Å². The summed E-state index contributed by atoms with van der Waals surface area (Å²) in [6.07, 6.45) is 5.96. The van der Waals surface area contributed by atoms with Gasteiger partial charge in [0.2, 0.25) is 0 Å². The zero-order valence-corrected chi connectivity index (χ0v) is 18.6. The lowest BCUT2D eigenvalue weighted by Gasteiger charge is -2.18. The van der Waals surface area contributed by atoms with Crippen LogP contribution in [0.15, 0.2) is 85.3 Å². The number of nitrogens with two attached hydrogens (primary N) is 1. The molecule has 5 aromatic rings. The summed E-state index contributed by atoms with van der Waals surface area (Å²) in [5, 5.41) is 4.19. The second kappa shape index (κ2) is 8.56. The second-order valence-electron chi connectivity index (χ2n) is 8.66. The van der Waals surface area contributed by atoms with E-state index in [0.29, 0.717) is 11.5 Å². The molecule has 0 aliphatic heterocycles. The largest absolute Gasteiger partial charge is 0.383 e. The normalized spacial score (nSPS) is 13.2. The molecule has 0 spiro atoms. The number of nitrogen functional groups attached to an aromatic ring is 1. The van der Waals surface area contributed by atoms with Crippen molar-refractivity contribution in [1.82, 2.24) is 19.9 Å². The fourth-order valence-electron chi connectivity index (χ4n) is 4.32. The summed E-state index contributed by atoms with van der Waals surface area (Å²) >= 11 is 0. The molecule has 0 unspecified atom stereocenters. The lowest BCUT2D eigenvalue weighted by molar-refractivity contribution is 0.883. The van der Waals surface area contributed by atoms with E-state index in [2.05, 4.69) is 50.6 Å². The molecule has 34 heavy (non-hydrogen) atoms. The molecule has 6 nitrogen and oxygen atoms in total. The first-order valence-corrected chi connectivity index (χ1v) is 11.5. The molecular formula is C28H24N6. The Morgan fingerprint density at radius 2 is 1.47 bits per heavy atom. The Balaban J connectivity index is 1.61. The Bertz CT molecular complexity index is 1450. The molecule has 3 aromatic heterocycles. The highest BCUT2D eigenvalue weighted by atomic mass is 15.0. The third kappa shape index (κ3) is 3.83. The summed E-state index contributed by atoms with van der Waals surface area (Å²) in [7, 11) is 0. The van der Waals surface area contributed by atoms with Crippen LogP contribution in [0.5, 0.6) is 0 Å². The maximum atomic E-state index is 6.40. The Morgan fingerprint density at radius 1 is 0.765 bits per heavy atom. The molecule has 1 saturated carbocycles. The summed E-state index contributed by atoms with van der Waals surface area (Å²) in [5.74, 6) is 2.08. The van der Waals surface area contributed by atoms with Crippen molar-refractivity contribution in [2.24, 2.45) is 5.92 Å². The van der Waals surface area contributed by atoms with E-state index in [0.717, 1.165) is 57.2 Å². The number of aromatic nitrogens is 4. The zero-order valence-electron chi connectivity index (χ0n) is 18.6. The van der Waals surface area contributed by atoms with Crippen LogP contribution in [-0.4, -0.2) is 26.5 Å². The fraction of sp³-hybridized carbons (Fsp3) is 0.143. The lowest BCUT2D eigenvalue weighted by atomic mass is 9.89. The molecule has 6 heteroatoms. The summed E-state index contributed by atoms with van der Waals surface area (Å²) in [6, 6.07) is 24.6. The van der Waals surface area contributed by atoms with Gasteiger partial charge in [0, 0.05) is 29.4 Å². The fourth-order valence-corrected chi connectivity index (χ4v) is 4.32. The summed E-state index contributed by atoms with van der Waals surface area (Å²) in [6.45, 7) is 0.976. The number of nitrogens with zero attached hydrogens (tertiary/aromatic N) is 4. The average molecular weight is 445 g/mol. The number of hydrogen-bond acceptors (Lipinski definition) is 6. The minimum absolute atomic E-state index is 0.415. The first kappa shape index (κ1) is 20.3. The van der Waals surface area contributed by atoms with E-state index in [4.69, 9.17) is 10.7 Å². The van der Waals surface area contributed by atoms with Crippen LogP contribution in [0.4, 0.5) is 11.6 Å². The van der Waals surface area contributed by atoms with Crippen molar-refractivity contribution in [3.8, 4) is 33.5 Å². The summed E-state index contributed by atoms with van der Waals surface area (Å²) < 4.78 is 0. The lowest BCUT2D eigenvalue weighted by Crippen LogP contribution is -2.05. The molecule has 3 N–H and O–H groups in total. The van der Waals surface area contributed by atoms with Crippen molar-refractivity contribution in [1.29, 1.82) is 0 Å². The number of fused-ring (bicyclic) bond motifs is 1. The molecule has 1 fully saturated rings. The number of hydrogen-bond donors (Lipinski definition) is 2. The Morgan fingerprint density at radius 3 is 2.12 bits per heavy atom. The summed E-state index contributed by atoms with van der Waals surface area (Å²) in [4.78, 5) is 18.4. The standard InChI is InChI=1S/C28H24N6/c29-27-25-23(19-7-3-1-4-8-19)24(20-9-5-2-6-10-20)26(34-28(25)33-17-32-27)21-13-14-22(31-16-21)30-15-18-11-12-18/h1-10,13-14,16-18H,11-12,15H2,(H,30,31)(H2,29,32,33,34). The number of benzene rings is 2. The molecule has 2 aromatic carbocycles. The predicted octanol–water partition coefficient (Wildman–Crippen LogP) is 5.82. The van der Waals surface area contributed by atoms with Gasteiger partial charge < -0.3 is 11.1 Å². The van der Waals surface area contributed by atoms with Crippen molar-refractivity contribution in [3.63, 3.8) is 0 Å². The third-order valence-electron chi connectivity index (χ3n) is 6.24. The second-order valence-corrected chi connectivity index (χ2v) is 8.66.